The number of benzene rings is 2. The van der Waals surface area contributed by atoms with Crippen molar-refractivity contribution in [1.82, 2.24) is 20.2 Å². The topological polar surface area (TPSA) is 62.2 Å². The molecule has 2 N–H and O–H groups in total. The van der Waals surface area contributed by atoms with Gasteiger partial charge >= 0.3 is 0 Å². The lowest BCUT2D eigenvalue weighted by atomic mass is 10.0. The SMILES string of the molecule is O=C(Cc1ccc(N2CCC(NCCn3ccnc3)CC2)cc1)NCCc1cccc(F)c1. The molecule has 0 spiro atoms. The van der Waals surface area contributed by atoms with E-state index in [0.29, 0.717) is 25.4 Å². The predicted octanol–water partition coefficient (Wildman–Crippen LogP) is 3.18. The molecule has 0 saturated carbocycles. The summed E-state index contributed by atoms with van der Waals surface area (Å²) < 4.78 is 15.3. The normalized spacial score (nSPS) is 14.4. The Hall–Kier alpha value is -3.19. The van der Waals surface area contributed by atoms with Gasteiger partial charge in [-0.2, -0.15) is 0 Å². The number of halogens is 1. The first-order chi connectivity index (χ1) is 16.2. The fourth-order valence-electron chi connectivity index (χ4n) is 4.27. The summed E-state index contributed by atoms with van der Waals surface area (Å²) in [6.45, 7) is 4.47. The van der Waals surface area contributed by atoms with Crippen LogP contribution in [0, 0.1) is 5.82 Å². The second kappa shape index (κ2) is 11.6. The van der Waals surface area contributed by atoms with Gasteiger partial charge in [0.2, 0.25) is 5.91 Å². The van der Waals surface area contributed by atoms with Gasteiger partial charge in [0, 0.05) is 56.8 Å². The quantitative estimate of drug-likeness (QED) is 0.499. The molecule has 7 heteroatoms. The highest BCUT2D eigenvalue weighted by atomic mass is 19.1. The van der Waals surface area contributed by atoms with Crippen LogP contribution in [-0.4, -0.2) is 47.7 Å². The Bertz CT molecular complexity index is 998. The van der Waals surface area contributed by atoms with Crippen LogP contribution >= 0.6 is 0 Å². The molecule has 0 radical (unpaired) electrons. The van der Waals surface area contributed by atoms with E-state index < -0.39 is 0 Å². The smallest absolute Gasteiger partial charge is 0.224 e. The minimum Gasteiger partial charge on any atom is -0.371 e. The molecule has 6 nitrogen and oxygen atoms in total. The molecule has 1 fully saturated rings. The number of nitrogens with one attached hydrogen (secondary N) is 2. The maximum absolute atomic E-state index is 13.2. The van der Waals surface area contributed by atoms with Gasteiger partial charge in [0.1, 0.15) is 5.82 Å². The van der Waals surface area contributed by atoms with E-state index in [4.69, 9.17) is 0 Å². The van der Waals surface area contributed by atoms with Crippen LogP contribution in [0.25, 0.3) is 0 Å². The summed E-state index contributed by atoms with van der Waals surface area (Å²) >= 11 is 0. The molecule has 0 aliphatic carbocycles. The van der Waals surface area contributed by atoms with Crippen LogP contribution in [0.4, 0.5) is 10.1 Å². The lowest BCUT2D eigenvalue weighted by Crippen LogP contribution is -2.43. The van der Waals surface area contributed by atoms with Crippen LogP contribution in [0.5, 0.6) is 0 Å². The average Bonchev–Trinajstić information content (AvgIpc) is 3.34. The zero-order chi connectivity index (χ0) is 22.9. The zero-order valence-corrected chi connectivity index (χ0v) is 18.9. The van der Waals surface area contributed by atoms with Gasteiger partial charge in [0.05, 0.1) is 12.7 Å². The number of carbonyl (C=O) groups excluding carboxylic acids is 1. The molecule has 33 heavy (non-hydrogen) atoms. The summed E-state index contributed by atoms with van der Waals surface area (Å²) in [5, 5.41) is 6.58. The van der Waals surface area contributed by atoms with Gasteiger partial charge in [-0.25, -0.2) is 9.37 Å². The Labute approximate surface area is 194 Å². The Kier molecular flexibility index (Phi) is 8.09. The first-order valence-electron chi connectivity index (χ1n) is 11.7. The van der Waals surface area contributed by atoms with Crippen LogP contribution in [0.15, 0.2) is 67.3 Å². The van der Waals surface area contributed by atoms with Gasteiger partial charge in [0.15, 0.2) is 0 Å². The van der Waals surface area contributed by atoms with E-state index in [1.54, 1.807) is 6.07 Å². The lowest BCUT2D eigenvalue weighted by Gasteiger charge is -2.34. The number of nitrogens with zero attached hydrogens (tertiary/aromatic N) is 3. The number of anilines is 1. The number of hydrogen-bond donors (Lipinski definition) is 2. The van der Waals surface area contributed by atoms with Gasteiger partial charge in [-0.3, -0.25) is 4.79 Å². The number of carbonyl (C=O) groups is 1. The van der Waals surface area contributed by atoms with Crippen LogP contribution < -0.4 is 15.5 Å². The molecule has 3 aromatic rings. The molecule has 174 valence electrons. The lowest BCUT2D eigenvalue weighted by molar-refractivity contribution is -0.120. The monoisotopic (exact) mass is 449 g/mol. The molecule has 0 bridgehead atoms. The average molecular weight is 450 g/mol. The molecule has 1 saturated heterocycles. The van der Waals surface area contributed by atoms with Gasteiger partial charge in [-0.05, 0) is 54.7 Å². The van der Waals surface area contributed by atoms with E-state index in [1.165, 1.54) is 17.8 Å². The fraction of sp³-hybridized carbons (Fsp3) is 0.385. The van der Waals surface area contributed by atoms with Crippen LogP contribution in [-0.2, 0) is 24.2 Å². The molecule has 1 amide bonds. The highest BCUT2D eigenvalue weighted by Gasteiger charge is 2.19. The third-order valence-corrected chi connectivity index (χ3v) is 6.15. The Balaban J connectivity index is 1.15. The Morgan fingerprint density at radius 2 is 1.88 bits per heavy atom. The van der Waals surface area contributed by atoms with Gasteiger partial charge in [-0.15, -0.1) is 0 Å². The summed E-state index contributed by atoms with van der Waals surface area (Å²) in [7, 11) is 0. The first kappa shape index (κ1) is 23.0. The Morgan fingerprint density at radius 3 is 2.61 bits per heavy atom. The number of amides is 1. The zero-order valence-electron chi connectivity index (χ0n) is 18.9. The standard InChI is InChI=1S/C26H32FN5O/c27-23-3-1-2-21(18-23)8-11-30-26(33)19-22-4-6-25(7-5-22)32-14-9-24(10-15-32)29-13-17-31-16-12-28-20-31/h1-7,12,16,18,20,24,29H,8-11,13-15,17,19H2,(H,30,33). The van der Waals surface area contributed by atoms with Crippen molar-refractivity contribution in [2.24, 2.45) is 0 Å². The first-order valence-corrected chi connectivity index (χ1v) is 11.7. The van der Waals surface area contributed by atoms with E-state index in [1.807, 2.05) is 36.9 Å². The van der Waals surface area contributed by atoms with Crippen LogP contribution in [0.3, 0.4) is 0 Å². The van der Waals surface area contributed by atoms with E-state index in [-0.39, 0.29) is 11.7 Å². The maximum Gasteiger partial charge on any atom is 0.224 e. The molecular weight excluding hydrogens is 417 g/mol. The molecule has 2 aromatic carbocycles. The van der Waals surface area contributed by atoms with Crippen molar-refractivity contribution in [3.05, 3.63) is 84.2 Å². The van der Waals surface area contributed by atoms with Crippen molar-refractivity contribution < 1.29 is 9.18 Å². The third-order valence-electron chi connectivity index (χ3n) is 6.15. The highest BCUT2D eigenvalue weighted by Crippen LogP contribution is 2.21. The van der Waals surface area contributed by atoms with Crippen molar-refractivity contribution in [3.63, 3.8) is 0 Å². The highest BCUT2D eigenvalue weighted by molar-refractivity contribution is 5.78. The van der Waals surface area contributed by atoms with E-state index >= 15 is 0 Å². The summed E-state index contributed by atoms with van der Waals surface area (Å²) in [6.07, 6.45) is 8.88. The molecule has 1 aliphatic heterocycles. The summed E-state index contributed by atoms with van der Waals surface area (Å²) in [4.78, 5) is 18.7. The Morgan fingerprint density at radius 1 is 1.06 bits per heavy atom. The van der Waals surface area contributed by atoms with E-state index in [2.05, 4.69) is 37.2 Å². The molecule has 2 heterocycles. The van der Waals surface area contributed by atoms with Crippen molar-refractivity contribution in [1.29, 1.82) is 0 Å². The molecule has 1 aromatic heterocycles. The molecule has 1 aliphatic rings. The van der Waals surface area contributed by atoms with Crippen molar-refractivity contribution >= 4 is 11.6 Å². The minimum absolute atomic E-state index is 0.0123. The predicted molar refractivity (Wildman–Crippen MR) is 129 cm³/mol. The number of imidazole rings is 1. The van der Waals surface area contributed by atoms with E-state index in [0.717, 1.165) is 50.1 Å². The van der Waals surface area contributed by atoms with E-state index in [9.17, 15) is 9.18 Å². The fourth-order valence-corrected chi connectivity index (χ4v) is 4.27. The van der Waals surface area contributed by atoms with Crippen LogP contribution in [0.2, 0.25) is 0 Å². The molecular formula is C26H32FN5O. The van der Waals surface area contributed by atoms with Crippen LogP contribution in [0.1, 0.15) is 24.0 Å². The molecule has 0 unspecified atom stereocenters. The second-order valence-corrected chi connectivity index (χ2v) is 8.59. The number of piperidine rings is 1. The van der Waals surface area contributed by atoms with Crippen molar-refractivity contribution in [2.75, 3.05) is 31.1 Å². The maximum atomic E-state index is 13.2. The third kappa shape index (κ3) is 7.15. The number of rotatable bonds is 10. The summed E-state index contributed by atoms with van der Waals surface area (Å²) in [5.41, 5.74) is 3.09. The number of hydrogen-bond acceptors (Lipinski definition) is 4. The van der Waals surface area contributed by atoms with Crippen molar-refractivity contribution in [2.45, 2.75) is 38.3 Å². The minimum atomic E-state index is -0.245. The van der Waals surface area contributed by atoms with Gasteiger partial charge in [0.25, 0.3) is 0 Å². The largest absolute Gasteiger partial charge is 0.371 e. The van der Waals surface area contributed by atoms with Gasteiger partial charge < -0.3 is 20.1 Å². The summed E-state index contributed by atoms with van der Waals surface area (Å²) in [6, 6.07) is 15.4. The molecule has 0 atom stereocenters. The van der Waals surface area contributed by atoms with Crippen molar-refractivity contribution in [3.8, 4) is 0 Å². The molecule has 4 rings (SSSR count). The van der Waals surface area contributed by atoms with Gasteiger partial charge in [-0.1, -0.05) is 24.3 Å². The second-order valence-electron chi connectivity index (χ2n) is 8.59. The summed E-state index contributed by atoms with van der Waals surface area (Å²) in [5.74, 6) is -0.258. The number of aromatic nitrogens is 2.